The van der Waals surface area contributed by atoms with Crippen molar-refractivity contribution in [1.82, 2.24) is 0 Å². The van der Waals surface area contributed by atoms with Crippen molar-refractivity contribution >= 4 is 15.9 Å². The van der Waals surface area contributed by atoms with Gasteiger partial charge in [-0.15, -0.1) is 0 Å². The number of ether oxygens (including phenoxy) is 2. The van der Waals surface area contributed by atoms with E-state index >= 15 is 0 Å². The van der Waals surface area contributed by atoms with Crippen LogP contribution in [-0.2, 0) is 9.47 Å². The molecular weight excluding hydrogens is 256 g/mol. The second-order valence-electron chi connectivity index (χ2n) is 4.96. The molecule has 2 aliphatic rings. The first-order chi connectivity index (χ1) is 7.35. The van der Waals surface area contributed by atoms with E-state index in [0.29, 0.717) is 11.5 Å². The zero-order chi connectivity index (χ0) is 10.6. The highest BCUT2D eigenvalue weighted by molar-refractivity contribution is 9.09. The minimum absolute atomic E-state index is 0.348. The Morgan fingerprint density at radius 1 is 1.20 bits per heavy atom. The van der Waals surface area contributed by atoms with Gasteiger partial charge in [0.2, 0.25) is 0 Å². The number of rotatable bonds is 4. The Morgan fingerprint density at radius 3 is 2.47 bits per heavy atom. The summed E-state index contributed by atoms with van der Waals surface area (Å²) in [6, 6.07) is 0. The molecule has 1 saturated heterocycles. The van der Waals surface area contributed by atoms with Crippen molar-refractivity contribution in [3.05, 3.63) is 0 Å². The molecule has 3 heteroatoms. The van der Waals surface area contributed by atoms with Gasteiger partial charge in [0.05, 0.1) is 12.7 Å². The largest absolute Gasteiger partial charge is 0.381 e. The van der Waals surface area contributed by atoms with Gasteiger partial charge in [0.25, 0.3) is 0 Å². The third kappa shape index (κ3) is 3.18. The van der Waals surface area contributed by atoms with Crippen LogP contribution in [0.5, 0.6) is 0 Å². The predicted molar refractivity (Wildman–Crippen MR) is 64.5 cm³/mol. The van der Waals surface area contributed by atoms with Crippen LogP contribution in [0.4, 0.5) is 0 Å². The van der Waals surface area contributed by atoms with Crippen molar-refractivity contribution in [2.45, 2.75) is 44.6 Å². The Balaban J connectivity index is 1.78. The Labute approximate surface area is 101 Å². The molecule has 0 radical (unpaired) electrons. The van der Waals surface area contributed by atoms with E-state index in [-0.39, 0.29) is 0 Å². The van der Waals surface area contributed by atoms with Crippen LogP contribution in [0.15, 0.2) is 0 Å². The normalized spacial score (nSPS) is 27.0. The van der Waals surface area contributed by atoms with Gasteiger partial charge in [-0.2, -0.15) is 0 Å². The molecule has 0 N–H and O–H groups in total. The van der Waals surface area contributed by atoms with Gasteiger partial charge in [-0.05, 0) is 25.7 Å². The summed E-state index contributed by atoms with van der Waals surface area (Å²) in [5.74, 6) is 0. The lowest BCUT2D eigenvalue weighted by Gasteiger charge is -2.36. The molecule has 0 atom stereocenters. The molecule has 15 heavy (non-hydrogen) atoms. The number of hydrogen-bond acceptors (Lipinski definition) is 2. The fourth-order valence-corrected chi connectivity index (χ4v) is 3.19. The maximum Gasteiger partial charge on any atom is 0.0575 e. The molecule has 1 saturated carbocycles. The fourth-order valence-electron chi connectivity index (χ4n) is 2.47. The molecule has 1 aliphatic carbocycles. The van der Waals surface area contributed by atoms with Gasteiger partial charge < -0.3 is 9.47 Å². The standard InChI is InChI=1S/C12H21BrO2/c13-9-12(5-7-14-8-6-12)10-15-11-3-1-2-4-11/h11H,1-10H2. The van der Waals surface area contributed by atoms with Crippen molar-refractivity contribution in [1.29, 1.82) is 0 Å². The molecule has 0 aromatic rings. The summed E-state index contributed by atoms with van der Waals surface area (Å²) in [5.41, 5.74) is 0.348. The molecule has 0 amide bonds. The lowest BCUT2D eigenvalue weighted by atomic mass is 9.83. The Bertz CT molecular complexity index is 184. The van der Waals surface area contributed by atoms with Crippen LogP contribution in [0.25, 0.3) is 0 Å². The highest BCUT2D eigenvalue weighted by Crippen LogP contribution is 2.34. The van der Waals surface area contributed by atoms with Gasteiger partial charge in [0, 0.05) is 24.0 Å². The minimum atomic E-state index is 0.348. The number of hydrogen-bond donors (Lipinski definition) is 0. The van der Waals surface area contributed by atoms with Crippen LogP contribution in [0.1, 0.15) is 38.5 Å². The number of halogens is 1. The first-order valence-corrected chi connectivity index (χ1v) is 7.22. The van der Waals surface area contributed by atoms with Gasteiger partial charge in [-0.1, -0.05) is 28.8 Å². The molecule has 0 bridgehead atoms. The zero-order valence-corrected chi connectivity index (χ0v) is 10.9. The lowest BCUT2D eigenvalue weighted by Crippen LogP contribution is -2.36. The topological polar surface area (TPSA) is 18.5 Å². The van der Waals surface area contributed by atoms with Gasteiger partial charge in [-0.3, -0.25) is 0 Å². The Morgan fingerprint density at radius 2 is 1.87 bits per heavy atom. The van der Waals surface area contributed by atoms with Gasteiger partial charge in [0.1, 0.15) is 0 Å². The van der Waals surface area contributed by atoms with Crippen LogP contribution < -0.4 is 0 Å². The lowest BCUT2D eigenvalue weighted by molar-refractivity contribution is -0.0498. The summed E-state index contributed by atoms with van der Waals surface area (Å²) < 4.78 is 11.5. The summed E-state index contributed by atoms with van der Waals surface area (Å²) in [5, 5.41) is 1.05. The quantitative estimate of drug-likeness (QED) is 0.735. The summed E-state index contributed by atoms with van der Waals surface area (Å²) >= 11 is 3.64. The first kappa shape index (κ1) is 11.9. The molecule has 2 fully saturated rings. The highest BCUT2D eigenvalue weighted by atomic mass is 79.9. The van der Waals surface area contributed by atoms with Crippen LogP contribution in [0, 0.1) is 5.41 Å². The van der Waals surface area contributed by atoms with Gasteiger partial charge in [0.15, 0.2) is 0 Å². The van der Waals surface area contributed by atoms with E-state index in [9.17, 15) is 0 Å². The molecular formula is C12H21BrO2. The third-order valence-corrected chi connectivity index (χ3v) is 4.95. The molecule has 1 heterocycles. The Kier molecular flexibility index (Phi) is 4.47. The summed E-state index contributed by atoms with van der Waals surface area (Å²) in [4.78, 5) is 0. The first-order valence-electron chi connectivity index (χ1n) is 6.10. The highest BCUT2D eigenvalue weighted by Gasteiger charge is 2.33. The van der Waals surface area contributed by atoms with Crippen LogP contribution in [0.2, 0.25) is 0 Å². The van der Waals surface area contributed by atoms with Crippen molar-refractivity contribution < 1.29 is 9.47 Å². The van der Waals surface area contributed by atoms with E-state index in [2.05, 4.69) is 15.9 Å². The summed E-state index contributed by atoms with van der Waals surface area (Å²) in [6.07, 6.45) is 8.09. The molecule has 0 unspecified atom stereocenters. The maximum atomic E-state index is 6.05. The van der Waals surface area contributed by atoms with Crippen molar-refractivity contribution in [3.63, 3.8) is 0 Å². The maximum absolute atomic E-state index is 6.05. The van der Waals surface area contributed by atoms with E-state index in [1.165, 1.54) is 25.7 Å². The molecule has 1 aliphatic heterocycles. The van der Waals surface area contributed by atoms with Crippen LogP contribution in [0.3, 0.4) is 0 Å². The molecule has 0 spiro atoms. The molecule has 0 aromatic heterocycles. The van der Waals surface area contributed by atoms with E-state index in [4.69, 9.17) is 9.47 Å². The van der Waals surface area contributed by atoms with E-state index in [1.54, 1.807) is 0 Å². The second kappa shape index (κ2) is 5.65. The van der Waals surface area contributed by atoms with Crippen molar-refractivity contribution in [3.8, 4) is 0 Å². The fraction of sp³-hybridized carbons (Fsp3) is 1.00. The van der Waals surface area contributed by atoms with Crippen LogP contribution >= 0.6 is 15.9 Å². The van der Waals surface area contributed by atoms with E-state index < -0.39 is 0 Å². The van der Waals surface area contributed by atoms with E-state index in [1.807, 2.05) is 0 Å². The average Bonchev–Trinajstić information content (AvgIpc) is 2.81. The minimum Gasteiger partial charge on any atom is -0.381 e. The number of alkyl halides is 1. The molecule has 88 valence electrons. The third-order valence-electron chi connectivity index (χ3n) is 3.76. The van der Waals surface area contributed by atoms with E-state index in [0.717, 1.165) is 38.0 Å². The summed E-state index contributed by atoms with van der Waals surface area (Å²) in [6.45, 7) is 2.73. The van der Waals surface area contributed by atoms with Gasteiger partial charge >= 0.3 is 0 Å². The summed E-state index contributed by atoms with van der Waals surface area (Å²) in [7, 11) is 0. The van der Waals surface area contributed by atoms with Gasteiger partial charge in [-0.25, -0.2) is 0 Å². The zero-order valence-electron chi connectivity index (χ0n) is 9.34. The molecule has 0 aromatic carbocycles. The smallest absolute Gasteiger partial charge is 0.0575 e. The SMILES string of the molecule is BrCC1(COC2CCCC2)CCOCC1. The molecule has 2 rings (SSSR count). The second-order valence-corrected chi connectivity index (χ2v) is 5.52. The predicted octanol–water partition coefficient (Wildman–Crippen LogP) is 3.14. The van der Waals surface area contributed by atoms with Crippen LogP contribution in [-0.4, -0.2) is 31.3 Å². The van der Waals surface area contributed by atoms with Crippen molar-refractivity contribution in [2.24, 2.45) is 5.41 Å². The molecule has 2 nitrogen and oxygen atoms in total. The average molecular weight is 277 g/mol. The van der Waals surface area contributed by atoms with Crippen molar-refractivity contribution in [2.75, 3.05) is 25.2 Å². The Hall–Kier alpha value is 0.400. The monoisotopic (exact) mass is 276 g/mol.